The standard InChI is InChI=1S/C13H19NO2/c1-4-5-8-14-13(15)11-9-10(2)6-7-12(11)16-3/h6-7,9H,4-5,8H2,1-3H3,(H,14,15). The smallest absolute Gasteiger partial charge is 0.255 e. The predicted molar refractivity (Wildman–Crippen MR) is 65.0 cm³/mol. The highest BCUT2D eigenvalue weighted by Crippen LogP contribution is 2.19. The van der Waals surface area contributed by atoms with Gasteiger partial charge in [0, 0.05) is 6.54 Å². The Morgan fingerprint density at radius 3 is 2.81 bits per heavy atom. The van der Waals surface area contributed by atoms with Gasteiger partial charge >= 0.3 is 0 Å². The van der Waals surface area contributed by atoms with E-state index in [1.54, 1.807) is 7.11 Å². The second kappa shape index (κ2) is 6.16. The topological polar surface area (TPSA) is 38.3 Å². The van der Waals surface area contributed by atoms with Crippen LogP contribution in [0, 0.1) is 6.92 Å². The molecule has 0 aliphatic rings. The molecule has 0 radical (unpaired) electrons. The van der Waals surface area contributed by atoms with Gasteiger partial charge in [-0.25, -0.2) is 0 Å². The molecule has 0 aliphatic carbocycles. The van der Waals surface area contributed by atoms with Crippen molar-refractivity contribution >= 4 is 5.91 Å². The molecule has 3 heteroatoms. The average molecular weight is 221 g/mol. The Kier molecular flexibility index (Phi) is 4.83. The monoisotopic (exact) mass is 221 g/mol. The van der Waals surface area contributed by atoms with Crippen molar-refractivity contribution in [3.63, 3.8) is 0 Å². The molecule has 0 bridgehead atoms. The number of amides is 1. The van der Waals surface area contributed by atoms with Crippen molar-refractivity contribution in [1.29, 1.82) is 0 Å². The van der Waals surface area contributed by atoms with Gasteiger partial charge in [-0.2, -0.15) is 0 Å². The molecule has 0 spiro atoms. The lowest BCUT2D eigenvalue weighted by molar-refractivity contribution is 0.0950. The number of nitrogens with one attached hydrogen (secondary N) is 1. The number of carbonyl (C=O) groups is 1. The Balaban J connectivity index is 2.76. The lowest BCUT2D eigenvalue weighted by atomic mass is 10.1. The molecule has 0 saturated heterocycles. The molecule has 0 saturated carbocycles. The molecule has 0 fully saturated rings. The number of hydrogen-bond acceptors (Lipinski definition) is 2. The summed E-state index contributed by atoms with van der Waals surface area (Å²) >= 11 is 0. The maximum absolute atomic E-state index is 11.9. The summed E-state index contributed by atoms with van der Waals surface area (Å²) in [6.07, 6.45) is 2.07. The van der Waals surface area contributed by atoms with E-state index in [0.29, 0.717) is 17.9 Å². The lowest BCUT2D eigenvalue weighted by Gasteiger charge is -2.09. The van der Waals surface area contributed by atoms with Crippen LogP contribution in [0.4, 0.5) is 0 Å². The molecule has 1 aromatic rings. The molecular weight excluding hydrogens is 202 g/mol. The number of methoxy groups -OCH3 is 1. The SMILES string of the molecule is CCCCNC(=O)c1cc(C)ccc1OC. The Bertz CT molecular complexity index is 361. The molecule has 0 heterocycles. The van der Waals surface area contributed by atoms with Crippen LogP contribution in [0.25, 0.3) is 0 Å². The van der Waals surface area contributed by atoms with Crippen molar-refractivity contribution in [2.45, 2.75) is 26.7 Å². The normalized spacial score (nSPS) is 9.94. The fourth-order valence-corrected chi connectivity index (χ4v) is 1.47. The van der Waals surface area contributed by atoms with E-state index < -0.39 is 0 Å². The summed E-state index contributed by atoms with van der Waals surface area (Å²) in [7, 11) is 1.58. The predicted octanol–water partition coefficient (Wildman–Crippen LogP) is 2.53. The third-order valence-corrected chi connectivity index (χ3v) is 2.42. The number of ether oxygens (including phenoxy) is 1. The first kappa shape index (κ1) is 12.6. The third-order valence-electron chi connectivity index (χ3n) is 2.42. The number of carbonyl (C=O) groups excluding carboxylic acids is 1. The van der Waals surface area contributed by atoms with Crippen LogP contribution in [-0.4, -0.2) is 19.6 Å². The largest absolute Gasteiger partial charge is 0.496 e. The first-order valence-corrected chi connectivity index (χ1v) is 5.62. The van der Waals surface area contributed by atoms with Gasteiger partial charge in [-0.3, -0.25) is 4.79 Å². The van der Waals surface area contributed by atoms with E-state index in [9.17, 15) is 4.79 Å². The van der Waals surface area contributed by atoms with Gasteiger partial charge in [0.25, 0.3) is 5.91 Å². The highest BCUT2D eigenvalue weighted by molar-refractivity contribution is 5.97. The van der Waals surface area contributed by atoms with Gasteiger partial charge in [0.15, 0.2) is 0 Å². The van der Waals surface area contributed by atoms with E-state index in [4.69, 9.17) is 4.74 Å². The summed E-state index contributed by atoms with van der Waals surface area (Å²) in [6, 6.07) is 5.60. The minimum atomic E-state index is -0.0611. The van der Waals surface area contributed by atoms with Crippen molar-refractivity contribution in [2.75, 3.05) is 13.7 Å². The fraction of sp³-hybridized carbons (Fsp3) is 0.462. The highest BCUT2D eigenvalue weighted by Gasteiger charge is 2.11. The molecule has 1 amide bonds. The minimum absolute atomic E-state index is 0.0611. The molecule has 88 valence electrons. The quantitative estimate of drug-likeness (QED) is 0.776. The van der Waals surface area contributed by atoms with Crippen LogP contribution < -0.4 is 10.1 Å². The molecular formula is C13H19NO2. The first-order valence-electron chi connectivity index (χ1n) is 5.62. The molecule has 3 nitrogen and oxygen atoms in total. The van der Waals surface area contributed by atoms with Crippen molar-refractivity contribution in [3.05, 3.63) is 29.3 Å². The average Bonchev–Trinajstić information content (AvgIpc) is 2.29. The molecule has 16 heavy (non-hydrogen) atoms. The van der Waals surface area contributed by atoms with Crippen LogP contribution in [0.1, 0.15) is 35.7 Å². The first-order chi connectivity index (χ1) is 7.69. The van der Waals surface area contributed by atoms with Crippen molar-refractivity contribution in [1.82, 2.24) is 5.32 Å². The Labute approximate surface area is 96.8 Å². The summed E-state index contributed by atoms with van der Waals surface area (Å²) in [6.45, 7) is 4.77. The van der Waals surface area contributed by atoms with E-state index in [1.165, 1.54) is 0 Å². The number of unbranched alkanes of at least 4 members (excludes halogenated alkanes) is 1. The van der Waals surface area contributed by atoms with E-state index in [1.807, 2.05) is 25.1 Å². The van der Waals surface area contributed by atoms with Gasteiger partial charge in [-0.15, -0.1) is 0 Å². The van der Waals surface area contributed by atoms with Crippen molar-refractivity contribution in [3.8, 4) is 5.75 Å². The fourth-order valence-electron chi connectivity index (χ4n) is 1.47. The van der Waals surface area contributed by atoms with Crippen LogP contribution >= 0.6 is 0 Å². The van der Waals surface area contributed by atoms with Gasteiger partial charge in [0.1, 0.15) is 5.75 Å². The maximum atomic E-state index is 11.9. The van der Waals surface area contributed by atoms with Crippen LogP contribution in [0.5, 0.6) is 5.75 Å². The van der Waals surface area contributed by atoms with Gasteiger partial charge in [0.05, 0.1) is 12.7 Å². The highest BCUT2D eigenvalue weighted by atomic mass is 16.5. The Morgan fingerprint density at radius 1 is 1.44 bits per heavy atom. The van der Waals surface area contributed by atoms with Gasteiger partial charge in [-0.05, 0) is 25.5 Å². The van der Waals surface area contributed by atoms with Gasteiger partial charge < -0.3 is 10.1 Å². The van der Waals surface area contributed by atoms with Crippen LogP contribution in [-0.2, 0) is 0 Å². The van der Waals surface area contributed by atoms with E-state index in [2.05, 4.69) is 12.2 Å². The molecule has 0 unspecified atom stereocenters. The van der Waals surface area contributed by atoms with E-state index in [-0.39, 0.29) is 5.91 Å². The van der Waals surface area contributed by atoms with Crippen molar-refractivity contribution in [2.24, 2.45) is 0 Å². The molecule has 0 aromatic heterocycles. The minimum Gasteiger partial charge on any atom is -0.496 e. The number of benzene rings is 1. The number of rotatable bonds is 5. The number of hydrogen-bond donors (Lipinski definition) is 1. The summed E-state index contributed by atoms with van der Waals surface area (Å²) < 4.78 is 5.17. The third kappa shape index (κ3) is 3.26. The van der Waals surface area contributed by atoms with Crippen LogP contribution in [0.3, 0.4) is 0 Å². The Hall–Kier alpha value is -1.51. The summed E-state index contributed by atoms with van der Waals surface area (Å²) in [5, 5.41) is 2.88. The Morgan fingerprint density at radius 2 is 2.19 bits per heavy atom. The zero-order valence-corrected chi connectivity index (χ0v) is 10.2. The summed E-state index contributed by atoms with van der Waals surface area (Å²) in [5.74, 6) is 0.564. The molecule has 1 aromatic carbocycles. The van der Waals surface area contributed by atoms with Crippen LogP contribution in [0.2, 0.25) is 0 Å². The molecule has 1 rings (SSSR count). The van der Waals surface area contributed by atoms with E-state index in [0.717, 1.165) is 18.4 Å². The van der Waals surface area contributed by atoms with Crippen LogP contribution in [0.15, 0.2) is 18.2 Å². The van der Waals surface area contributed by atoms with E-state index >= 15 is 0 Å². The zero-order valence-electron chi connectivity index (χ0n) is 10.2. The maximum Gasteiger partial charge on any atom is 0.255 e. The summed E-state index contributed by atoms with van der Waals surface area (Å²) in [4.78, 5) is 11.9. The molecule has 0 aliphatic heterocycles. The second-order valence-electron chi connectivity index (χ2n) is 3.81. The lowest BCUT2D eigenvalue weighted by Crippen LogP contribution is -2.24. The zero-order chi connectivity index (χ0) is 12.0. The van der Waals surface area contributed by atoms with Gasteiger partial charge in [0.2, 0.25) is 0 Å². The molecule has 0 atom stereocenters. The number of aryl methyl sites for hydroxylation is 1. The second-order valence-corrected chi connectivity index (χ2v) is 3.81. The van der Waals surface area contributed by atoms with Gasteiger partial charge in [-0.1, -0.05) is 25.0 Å². The molecule has 1 N–H and O–H groups in total. The summed E-state index contributed by atoms with van der Waals surface area (Å²) in [5.41, 5.74) is 1.67. The van der Waals surface area contributed by atoms with Crippen molar-refractivity contribution < 1.29 is 9.53 Å².